The molecule has 0 spiro atoms. The van der Waals surface area contributed by atoms with Crippen molar-refractivity contribution in [1.29, 1.82) is 0 Å². The van der Waals surface area contributed by atoms with Gasteiger partial charge in [0.05, 0.1) is 12.5 Å². The van der Waals surface area contributed by atoms with Gasteiger partial charge in [0.2, 0.25) is 0 Å². The Balaban J connectivity index is 2.91. The number of nitrogens with zero attached hydrogens (tertiary/aromatic N) is 1. The van der Waals surface area contributed by atoms with Crippen molar-refractivity contribution < 1.29 is 9.53 Å². The van der Waals surface area contributed by atoms with Crippen LogP contribution in [0.3, 0.4) is 0 Å². The number of hydrogen-bond donors (Lipinski definition) is 0. The third-order valence-electron chi connectivity index (χ3n) is 3.15. The maximum atomic E-state index is 11.7. The van der Waals surface area contributed by atoms with Gasteiger partial charge < -0.3 is 9.64 Å². The molecule has 0 amide bonds. The normalized spacial score (nSPS) is 11.2. The van der Waals surface area contributed by atoms with Gasteiger partial charge in [0.1, 0.15) is 0 Å². The third kappa shape index (κ3) is 3.25. The Morgan fingerprint density at radius 3 is 2.50 bits per heavy atom. The minimum atomic E-state index is -0.514. The zero-order valence-corrected chi connectivity index (χ0v) is 12.2. The van der Waals surface area contributed by atoms with E-state index in [-0.39, 0.29) is 5.97 Å². The lowest BCUT2D eigenvalue weighted by atomic mass is 9.92. The number of anilines is 1. The second-order valence-electron chi connectivity index (χ2n) is 5.52. The van der Waals surface area contributed by atoms with Gasteiger partial charge in [-0.05, 0) is 44.9 Å². The average Bonchev–Trinajstić information content (AvgIpc) is 2.30. The van der Waals surface area contributed by atoms with Crippen LogP contribution in [0, 0.1) is 19.3 Å². The molecule has 100 valence electrons. The monoisotopic (exact) mass is 249 g/mol. The van der Waals surface area contributed by atoms with Crippen molar-refractivity contribution in [2.24, 2.45) is 5.41 Å². The SMILES string of the molecule is COC(=O)C(C)(C)CN(C)c1cc(C)ccc1C. The number of benzene rings is 1. The maximum Gasteiger partial charge on any atom is 0.313 e. The summed E-state index contributed by atoms with van der Waals surface area (Å²) < 4.78 is 4.84. The molecular weight excluding hydrogens is 226 g/mol. The lowest BCUT2D eigenvalue weighted by Crippen LogP contribution is -2.38. The summed E-state index contributed by atoms with van der Waals surface area (Å²) in [6.07, 6.45) is 0. The van der Waals surface area contributed by atoms with Crippen LogP contribution in [0.5, 0.6) is 0 Å². The molecule has 1 rings (SSSR count). The zero-order chi connectivity index (χ0) is 13.9. The van der Waals surface area contributed by atoms with E-state index in [1.54, 1.807) is 0 Å². The zero-order valence-electron chi connectivity index (χ0n) is 12.2. The first-order valence-electron chi connectivity index (χ1n) is 6.15. The Morgan fingerprint density at radius 2 is 1.94 bits per heavy atom. The molecule has 0 fully saturated rings. The van der Waals surface area contributed by atoms with Crippen LogP contribution in [0.15, 0.2) is 18.2 Å². The van der Waals surface area contributed by atoms with E-state index in [4.69, 9.17) is 4.74 Å². The number of ether oxygens (including phenoxy) is 1. The number of carbonyl (C=O) groups excluding carboxylic acids is 1. The van der Waals surface area contributed by atoms with Crippen molar-refractivity contribution in [3.63, 3.8) is 0 Å². The molecule has 0 bridgehead atoms. The summed E-state index contributed by atoms with van der Waals surface area (Å²) in [4.78, 5) is 13.8. The van der Waals surface area contributed by atoms with Crippen LogP contribution >= 0.6 is 0 Å². The first-order valence-corrected chi connectivity index (χ1v) is 6.15. The van der Waals surface area contributed by atoms with Crippen LogP contribution in [0.4, 0.5) is 5.69 Å². The summed E-state index contributed by atoms with van der Waals surface area (Å²) >= 11 is 0. The standard InChI is InChI=1S/C15H23NO2/c1-11-7-8-12(2)13(9-11)16(5)10-15(3,4)14(17)18-6/h7-9H,10H2,1-6H3. The Labute approximate surface area is 110 Å². The summed E-state index contributed by atoms with van der Waals surface area (Å²) in [5, 5.41) is 0. The maximum absolute atomic E-state index is 11.7. The summed E-state index contributed by atoms with van der Waals surface area (Å²) in [6, 6.07) is 6.34. The van der Waals surface area contributed by atoms with Gasteiger partial charge >= 0.3 is 5.97 Å². The van der Waals surface area contributed by atoms with E-state index in [0.717, 1.165) is 5.69 Å². The number of rotatable bonds is 4. The number of hydrogen-bond acceptors (Lipinski definition) is 3. The predicted molar refractivity (Wildman–Crippen MR) is 75.0 cm³/mol. The summed E-state index contributed by atoms with van der Waals surface area (Å²) in [6.45, 7) is 8.59. The molecule has 0 atom stereocenters. The highest BCUT2D eigenvalue weighted by molar-refractivity contribution is 5.76. The minimum Gasteiger partial charge on any atom is -0.469 e. The molecule has 18 heavy (non-hydrogen) atoms. The second-order valence-corrected chi connectivity index (χ2v) is 5.52. The molecule has 0 radical (unpaired) electrons. The highest BCUT2D eigenvalue weighted by Crippen LogP contribution is 2.25. The van der Waals surface area contributed by atoms with Gasteiger partial charge in [0, 0.05) is 19.3 Å². The number of aryl methyl sites for hydroxylation is 2. The first-order chi connectivity index (χ1) is 8.27. The smallest absolute Gasteiger partial charge is 0.313 e. The van der Waals surface area contributed by atoms with Gasteiger partial charge in [0.25, 0.3) is 0 Å². The molecule has 0 saturated carbocycles. The van der Waals surface area contributed by atoms with Gasteiger partial charge in [-0.25, -0.2) is 0 Å². The fourth-order valence-corrected chi connectivity index (χ4v) is 2.15. The van der Waals surface area contributed by atoms with Crippen molar-refractivity contribution >= 4 is 11.7 Å². The molecule has 0 aliphatic carbocycles. The van der Waals surface area contributed by atoms with Gasteiger partial charge in [-0.3, -0.25) is 4.79 Å². The van der Waals surface area contributed by atoms with E-state index < -0.39 is 5.41 Å². The predicted octanol–water partition coefficient (Wildman–Crippen LogP) is 2.94. The van der Waals surface area contributed by atoms with Crippen LogP contribution in [-0.2, 0) is 9.53 Å². The average molecular weight is 249 g/mol. The first kappa shape index (κ1) is 14.6. The van der Waals surface area contributed by atoms with E-state index in [9.17, 15) is 4.79 Å². The Morgan fingerprint density at radius 1 is 1.33 bits per heavy atom. The van der Waals surface area contributed by atoms with Crippen LogP contribution < -0.4 is 4.90 Å². The van der Waals surface area contributed by atoms with E-state index in [1.807, 2.05) is 20.9 Å². The van der Waals surface area contributed by atoms with Crippen molar-refractivity contribution in [2.45, 2.75) is 27.7 Å². The van der Waals surface area contributed by atoms with Gasteiger partial charge in [0.15, 0.2) is 0 Å². The molecule has 0 aliphatic heterocycles. The van der Waals surface area contributed by atoms with Gasteiger partial charge in [-0.2, -0.15) is 0 Å². The van der Waals surface area contributed by atoms with Crippen molar-refractivity contribution in [2.75, 3.05) is 25.6 Å². The summed E-state index contributed by atoms with van der Waals surface area (Å²) in [7, 11) is 3.44. The van der Waals surface area contributed by atoms with Crippen molar-refractivity contribution in [3.05, 3.63) is 29.3 Å². The Hall–Kier alpha value is -1.51. The molecule has 3 heteroatoms. The molecule has 1 aromatic rings. The highest BCUT2D eigenvalue weighted by Gasteiger charge is 2.30. The van der Waals surface area contributed by atoms with Crippen LogP contribution in [-0.4, -0.2) is 26.7 Å². The van der Waals surface area contributed by atoms with E-state index >= 15 is 0 Å². The molecular formula is C15H23NO2. The highest BCUT2D eigenvalue weighted by atomic mass is 16.5. The Bertz CT molecular complexity index is 438. The number of carbonyl (C=O) groups is 1. The lowest BCUT2D eigenvalue weighted by molar-refractivity contribution is -0.150. The number of methoxy groups -OCH3 is 1. The largest absolute Gasteiger partial charge is 0.469 e. The molecule has 0 saturated heterocycles. The fraction of sp³-hybridized carbons (Fsp3) is 0.533. The second kappa shape index (κ2) is 5.42. The van der Waals surface area contributed by atoms with Crippen LogP contribution in [0.25, 0.3) is 0 Å². The Kier molecular flexibility index (Phi) is 4.38. The molecule has 0 heterocycles. The summed E-state index contributed by atoms with van der Waals surface area (Å²) in [5.41, 5.74) is 3.08. The van der Waals surface area contributed by atoms with E-state index in [1.165, 1.54) is 18.2 Å². The third-order valence-corrected chi connectivity index (χ3v) is 3.15. The van der Waals surface area contributed by atoms with Crippen LogP contribution in [0.1, 0.15) is 25.0 Å². The number of esters is 1. The van der Waals surface area contributed by atoms with E-state index in [0.29, 0.717) is 6.54 Å². The van der Waals surface area contributed by atoms with Crippen molar-refractivity contribution in [1.82, 2.24) is 0 Å². The lowest BCUT2D eigenvalue weighted by Gasteiger charge is -2.30. The topological polar surface area (TPSA) is 29.5 Å². The molecule has 3 nitrogen and oxygen atoms in total. The molecule has 0 unspecified atom stereocenters. The van der Waals surface area contributed by atoms with E-state index in [2.05, 4.69) is 36.9 Å². The molecule has 0 aromatic heterocycles. The minimum absolute atomic E-state index is 0.181. The molecule has 0 aliphatic rings. The van der Waals surface area contributed by atoms with Gasteiger partial charge in [-0.15, -0.1) is 0 Å². The van der Waals surface area contributed by atoms with Crippen molar-refractivity contribution in [3.8, 4) is 0 Å². The van der Waals surface area contributed by atoms with Crippen LogP contribution in [0.2, 0.25) is 0 Å². The molecule has 0 N–H and O–H groups in total. The fourth-order valence-electron chi connectivity index (χ4n) is 2.15. The quantitative estimate of drug-likeness (QED) is 0.768. The summed E-state index contributed by atoms with van der Waals surface area (Å²) in [5.74, 6) is -0.181. The molecule has 1 aromatic carbocycles. The van der Waals surface area contributed by atoms with Gasteiger partial charge in [-0.1, -0.05) is 12.1 Å².